The van der Waals surface area contributed by atoms with Crippen molar-refractivity contribution in [2.24, 2.45) is 5.92 Å². The van der Waals surface area contributed by atoms with Gasteiger partial charge in [-0.3, -0.25) is 4.79 Å². The molecular formula is C15H21FN2O2. The number of nitrogens with one attached hydrogen (secondary N) is 2. The maximum Gasteiger partial charge on any atom is 0.223 e. The molecule has 1 saturated heterocycles. The number of aliphatic hydroxyl groups is 1. The third-order valence-electron chi connectivity index (χ3n) is 3.72. The predicted octanol–water partition coefficient (Wildman–Crippen LogP) is 1.36. The average molecular weight is 280 g/mol. The molecule has 0 aliphatic carbocycles. The van der Waals surface area contributed by atoms with Gasteiger partial charge >= 0.3 is 0 Å². The maximum absolute atomic E-state index is 12.8. The maximum atomic E-state index is 12.8. The third kappa shape index (κ3) is 4.02. The summed E-state index contributed by atoms with van der Waals surface area (Å²) < 4.78 is 12.8. The molecule has 3 atom stereocenters. The number of hydrogen-bond acceptors (Lipinski definition) is 3. The predicted molar refractivity (Wildman–Crippen MR) is 74.6 cm³/mol. The van der Waals surface area contributed by atoms with Gasteiger partial charge in [0.25, 0.3) is 0 Å². The quantitative estimate of drug-likeness (QED) is 0.780. The lowest BCUT2D eigenvalue weighted by molar-refractivity contribution is -0.126. The van der Waals surface area contributed by atoms with Gasteiger partial charge in [0.2, 0.25) is 5.91 Å². The minimum absolute atomic E-state index is 0.00617. The Morgan fingerprint density at radius 1 is 1.50 bits per heavy atom. The second-order valence-electron chi connectivity index (χ2n) is 5.39. The molecule has 0 saturated carbocycles. The van der Waals surface area contributed by atoms with Crippen LogP contribution in [-0.2, 0) is 4.79 Å². The minimum atomic E-state index is -0.807. The van der Waals surface area contributed by atoms with Crippen molar-refractivity contribution in [2.45, 2.75) is 31.9 Å². The molecule has 4 nitrogen and oxygen atoms in total. The molecule has 2 rings (SSSR count). The minimum Gasteiger partial charge on any atom is -0.387 e. The lowest BCUT2D eigenvalue weighted by atomic mass is 9.92. The van der Waals surface area contributed by atoms with Crippen LogP contribution in [0.2, 0.25) is 0 Å². The zero-order valence-corrected chi connectivity index (χ0v) is 11.6. The van der Waals surface area contributed by atoms with Gasteiger partial charge in [0.05, 0.1) is 6.10 Å². The van der Waals surface area contributed by atoms with E-state index in [-0.39, 0.29) is 24.2 Å². The standard InChI is InChI=1S/C15H21FN2O2/c1-10-8-12(6-7-17-10)15(20)18-9-14(19)11-2-4-13(16)5-3-11/h2-5,10,12,14,17,19H,6-9H2,1H3,(H,18,20)/t10-,12-,14?/m0/s1. The van der Waals surface area contributed by atoms with E-state index in [2.05, 4.69) is 17.6 Å². The van der Waals surface area contributed by atoms with Crippen molar-refractivity contribution >= 4 is 5.91 Å². The van der Waals surface area contributed by atoms with Crippen LogP contribution in [0.1, 0.15) is 31.4 Å². The molecule has 1 aliphatic heterocycles. The van der Waals surface area contributed by atoms with E-state index in [9.17, 15) is 14.3 Å². The molecule has 1 unspecified atom stereocenters. The molecule has 110 valence electrons. The van der Waals surface area contributed by atoms with Crippen LogP contribution in [-0.4, -0.2) is 30.1 Å². The number of hydrogen-bond donors (Lipinski definition) is 3. The molecule has 0 bridgehead atoms. The molecule has 3 N–H and O–H groups in total. The van der Waals surface area contributed by atoms with Crippen LogP contribution in [0.4, 0.5) is 4.39 Å². The lowest BCUT2D eigenvalue weighted by Gasteiger charge is -2.27. The number of halogens is 1. The summed E-state index contributed by atoms with van der Waals surface area (Å²) in [6.07, 6.45) is 0.833. The van der Waals surface area contributed by atoms with Crippen LogP contribution in [0.15, 0.2) is 24.3 Å². The first kappa shape index (κ1) is 14.9. The van der Waals surface area contributed by atoms with E-state index in [4.69, 9.17) is 0 Å². The molecule has 0 radical (unpaired) electrons. The second-order valence-corrected chi connectivity index (χ2v) is 5.39. The van der Waals surface area contributed by atoms with Crippen LogP contribution < -0.4 is 10.6 Å². The molecule has 1 aromatic carbocycles. The third-order valence-corrected chi connectivity index (χ3v) is 3.72. The lowest BCUT2D eigenvalue weighted by Crippen LogP contribution is -2.43. The van der Waals surface area contributed by atoms with E-state index < -0.39 is 6.10 Å². The molecule has 20 heavy (non-hydrogen) atoms. The summed E-state index contributed by atoms with van der Waals surface area (Å²) in [5.74, 6) is -0.347. The fourth-order valence-corrected chi connectivity index (χ4v) is 2.51. The average Bonchev–Trinajstić information content (AvgIpc) is 2.45. The van der Waals surface area contributed by atoms with Gasteiger partial charge in [0.15, 0.2) is 0 Å². The van der Waals surface area contributed by atoms with Gasteiger partial charge in [0, 0.05) is 18.5 Å². The zero-order chi connectivity index (χ0) is 14.5. The Hall–Kier alpha value is -1.46. The molecule has 0 aromatic heterocycles. The number of carbonyl (C=O) groups excluding carboxylic acids is 1. The van der Waals surface area contributed by atoms with Gasteiger partial charge in [0.1, 0.15) is 5.82 Å². The van der Waals surface area contributed by atoms with Gasteiger partial charge in [-0.15, -0.1) is 0 Å². The van der Waals surface area contributed by atoms with Crippen molar-refractivity contribution in [1.82, 2.24) is 10.6 Å². The number of piperidine rings is 1. The monoisotopic (exact) mass is 280 g/mol. The van der Waals surface area contributed by atoms with E-state index >= 15 is 0 Å². The van der Waals surface area contributed by atoms with Crippen LogP contribution >= 0.6 is 0 Å². The Bertz CT molecular complexity index is 450. The van der Waals surface area contributed by atoms with Crippen molar-refractivity contribution < 1.29 is 14.3 Å². The largest absolute Gasteiger partial charge is 0.387 e. The number of rotatable bonds is 4. The fourth-order valence-electron chi connectivity index (χ4n) is 2.51. The van der Waals surface area contributed by atoms with Gasteiger partial charge in [-0.05, 0) is 44.0 Å². The topological polar surface area (TPSA) is 61.4 Å². The Labute approximate surface area is 118 Å². The SMILES string of the molecule is C[C@H]1C[C@@H](C(=O)NCC(O)c2ccc(F)cc2)CCN1. The van der Waals surface area contributed by atoms with Gasteiger partial charge in [-0.2, -0.15) is 0 Å². The smallest absolute Gasteiger partial charge is 0.223 e. The summed E-state index contributed by atoms with van der Waals surface area (Å²) in [7, 11) is 0. The highest BCUT2D eigenvalue weighted by Gasteiger charge is 2.24. The van der Waals surface area contributed by atoms with Crippen molar-refractivity contribution in [1.29, 1.82) is 0 Å². The highest BCUT2D eigenvalue weighted by Crippen LogP contribution is 2.17. The van der Waals surface area contributed by atoms with Crippen LogP contribution in [0.25, 0.3) is 0 Å². The molecule has 5 heteroatoms. The first-order chi connectivity index (χ1) is 9.56. The van der Waals surface area contributed by atoms with E-state index in [1.165, 1.54) is 24.3 Å². The van der Waals surface area contributed by atoms with Crippen LogP contribution in [0.3, 0.4) is 0 Å². The zero-order valence-electron chi connectivity index (χ0n) is 11.6. The number of aliphatic hydroxyl groups excluding tert-OH is 1. The molecule has 1 heterocycles. The summed E-state index contributed by atoms with van der Waals surface area (Å²) in [4.78, 5) is 12.0. The Kier molecular flexibility index (Phi) is 5.09. The van der Waals surface area contributed by atoms with Crippen molar-refractivity contribution in [2.75, 3.05) is 13.1 Å². The fraction of sp³-hybridized carbons (Fsp3) is 0.533. The van der Waals surface area contributed by atoms with Crippen LogP contribution in [0, 0.1) is 11.7 Å². The van der Waals surface area contributed by atoms with Gasteiger partial charge in [-0.1, -0.05) is 12.1 Å². The van der Waals surface area contributed by atoms with E-state index in [0.717, 1.165) is 19.4 Å². The number of carbonyl (C=O) groups is 1. The van der Waals surface area contributed by atoms with E-state index in [1.54, 1.807) is 0 Å². The highest BCUT2D eigenvalue weighted by molar-refractivity contribution is 5.78. The number of amides is 1. The van der Waals surface area contributed by atoms with E-state index in [0.29, 0.717) is 11.6 Å². The van der Waals surface area contributed by atoms with Crippen molar-refractivity contribution in [3.8, 4) is 0 Å². The molecule has 1 aromatic rings. The summed E-state index contributed by atoms with van der Waals surface area (Å²) in [6, 6.07) is 6.00. The van der Waals surface area contributed by atoms with E-state index in [1.807, 2.05) is 0 Å². The van der Waals surface area contributed by atoms with Gasteiger partial charge < -0.3 is 15.7 Å². The number of benzene rings is 1. The Balaban J connectivity index is 1.82. The molecule has 1 amide bonds. The second kappa shape index (κ2) is 6.81. The summed E-state index contributed by atoms with van der Waals surface area (Å²) in [5.41, 5.74) is 0.602. The normalized spacial score (nSPS) is 24.1. The molecule has 1 aliphatic rings. The van der Waals surface area contributed by atoms with Crippen molar-refractivity contribution in [3.05, 3.63) is 35.6 Å². The first-order valence-corrected chi connectivity index (χ1v) is 7.01. The summed E-state index contributed by atoms with van der Waals surface area (Å²) in [6.45, 7) is 3.06. The first-order valence-electron chi connectivity index (χ1n) is 7.01. The summed E-state index contributed by atoms with van der Waals surface area (Å²) in [5, 5.41) is 16.0. The summed E-state index contributed by atoms with van der Waals surface area (Å²) >= 11 is 0. The van der Waals surface area contributed by atoms with Crippen LogP contribution in [0.5, 0.6) is 0 Å². The molecule has 0 spiro atoms. The van der Waals surface area contributed by atoms with Crippen molar-refractivity contribution in [3.63, 3.8) is 0 Å². The Morgan fingerprint density at radius 3 is 2.85 bits per heavy atom. The molecule has 1 fully saturated rings. The molecular weight excluding hydrogens is 259 g/mol. The highest BCUT2D eigenvalue weighted by atomic mass is 19.1. The van der Waals surface area contributed by atoms with Gasteiger partial charge in [-0.25, -0.2) is 4.39 Å². The Morgan fingerprint density at radius 2 is 2.20 bits per heavy atom.